The van der Waals surface area contributed by atoms with Crippen molar-refractivity contribution in [2.75, 3.05) is 5.32 Å². The summed E-state index contributed by atoms with van der Waals surface area (Å²) in [6.45, 7) is 2.59. The lowest BCUT2D eigenvalue weighted by molar-refractivity contribution is 0.518. The Balaban J connectivity index is 2.15. The molecule has 0 saturated heterocycles. The van der Waals surface area contributed by atoms with Crippen LogP contribution in [0.4, 0.5) is 5.69 Å². The second-order valence-corrected chi connectivity index (χ2v) is 3.59. The number of hydrogen-bond donors (Lipinski definition) is 1. The van der Waals surface area contributed by atoms with Gasteiger partial charge >= 0.3 is 0 Å². The minimum Gasteiger partial charge on any atom is -0.467 e. The molecule has 16 heavy (non-hydrogen) atoms. The average molecular weight is 212 g/mol. The van der Waals surface area contributed by atoms with E-state index in [1.54, 1.807) is 6.26 Å². The highest BCUT2D eigenvalue weighted by atomic mass is 16.3. The summed E-state index contributed by atoms with van der Waals surface area (Å²) in [5, 5.41) is 12.1. The van der Waals surface area contributed by atoms with Crippen LogP contribution in [-0.2, 0) is 6.54 Å². The fraction of sp³-hybridized carbons (Fsp3) is 0.154. The predicted octanol–water partition coefficient (Wildman–Crippen LogP) is 3.07. The van der Waals surface area contributed by atoms with E-state index in [9.17, 15) is 0 Å². The molecular formula is C13H12N2O. The molecule has 3 nitrogen and oxygen atoms in total. The normalized spacial score (nSPS) is 9.75. The molecule has 0 aliphatic heterocycles. The van der Waals surface area contributed by atoms with E-state index < -0.39 is 0 Å². The van der Waals surface area contributed by atoms with E-state index in [2.05, 4.69) is 11.4 Å². The van der Waals surface area contributed by atoms with Gasteiger partial charge in [-0.3, -0.25) is 0 Å². The molecule has 0 aliphatic rings. The molecule has 0 saturated carbocycles. The van der Waals surface area contributed by atoms with Gasteiger partial charge in [0.1, 0.15) is 11.8 Å². The third-order valence-corrected chi connectivity index (χ3v) is 2.33. The molecule has 80 valence electrons. The van der Waals surface area contributed by atoms with Crippen molar-refractivity contribution in [3.8, 4) is 6.07 Å². The number of anilines is 1. The summed E-state index contributed by atoms with van der Waals surface area (Å²) in [4.78, 5) is 0. The first-order chi connectivity index (χ1) is 7.79. The van der Waals surface area contributed by atoms with Crippen LogP contribution in [0.1, 0.15) is 16.9 Å². The third-order valence-electron chi connectivity index (χ3n) is 2.33. The van der Waals surface area contributed by atoms with Crippen LogP contribution in [0.25, 0.3) is 0 Å². The van der Waals surface area contributed by atoms with E-state index in [1.807, 2.05) is 37.3 Å². The molecule has 1 heterocycles. The first-order valence-electron chi connectivity index (χ1n) is 5.06. The van der Waals surface area contributed by atoms with E-state index in [4.69, 9.17) is 9.68 Å². The van der Waals surface area contributed by atoms with Gasteiger partial charge in [0.25, 0.3) is 0 Å². The van der Waals surface area contributed by atoms with Gasteiger partial charge in [0, 0.05) is 0 Å². The molecule has 0 bridgehead atoms. The van der Waals surface area contributed by atoms with Crippen molar-refractivity contribution in [1.82, 2.24) is 0 Å². The highest BCUT2D eigenvalue weighted by Gasteiger charge is 2.02. The number of hydrogen-bond acceptors (Lipinski definition) is 3. The van der Waals surface area contributed by atoms with Crippen molar-refractivity contribution >= 4 is 5.69 Å². The second kappa shape index (κ2) is 4.54. The van der Waals surface area contributed by atoms with Crippen LogP contribution in [0.2, 0.25) is 0 Å². The maximum atomic E-state index is 8.95. The highest BCUT2D eigenvalue weighted by Crippen LogP contribution is 2.17. The third kappa shape index (κ3) is 2.23. The Hall–Kier alpha value is -2.21. The molecule has 2 aromatic rings. The number of nitrogens with one attached hydrogen (secondary N) is 1. The second-order valence-electron chi connectivity index (χ2n) is 3.59. The number of furan rings is 1. The summed E-state index contributed by atoms with van der Waals surface area (Å²) in [5.74, 6) is 0.852. The van der Waals surface area contributed by atoms with E-state index in [1.165, 1.54) is 0 Å². The summed E-state index contributed by atoms with van der Waals surface area (Å²) in [7, 11) is 0. The maximum absolute atomic E-state index is 8.95. The Labute approximate surface area is 94.3 Å². The Morgan fingerprint density at radius 3 is 2.94 bits per heavy atom. The van der Waals surface area contributed by atoms with E-state index in [0.29, 0.717) is 12.1 Å². The molecule has 3 heteroatoms. The van der Waals surface area contributed by atoms with Gasteiger partial charge in [-0.05, 0) is 36.8 Å². The topological polar surface area (TPSA) is 49.0 Å². The van der Waals surface area contributed by atoms with Crippen molar-refractivity contribution in [3.63, 3.8) is 0 Å². The fourth-order valence-corrected chi connectivity index (χ4v) is 1.50. The summed E-state index contributed by atoms with van der Waals surface area (Å²) in [5.41, 5.74) is 2.62. The van der Waals surface area contributed by atoms with Crippen LogP contribution in [0.15, 0.2) is 41.0 Å². The first-order valence-corrected chi connectivity index (χ1v) is 5.06. The molecule has 0 radical (unpaired) electrons. The van der Waals surface area contributed by atoms with Gasteiger partial charge in [-0.25, -0.2) is 0 Å². The minimum atomic E-state index is 0.588. The summed E-state index contributed by atoms with van der Waals surface area (Å²) >= 11 is 0. The number of nitrogens with zero attached hydrogens (tertiary/aromatic N) is 1. The largest absolute Gasteiger partial charge is 0.467 e. The molecule has 0 spiro atoms. The lowest BCUT2D eigenvalue weighted by Gasteiger charge is -2.07. The zero-order valence-electron chi connectivity index (χ0n) is 9.03. The zero-order chi connectivity index (χ0) is 11.4. The number of rotatable bonds is 3. The summed E-state index contributed by atoms with van der Waals surface area (Å²) in [6.07, 6.45) is 1.64. The molecule has 2 rings (SSSR count). The highest BCUT2D eigenvalue weighted by molar-refractivity contribution is 5.58. The molecule has 0 atom stereocenters. The molecule has 0 amide bonds. The quantitative estimate of drug-likeness (QED) is 0.850. The standard InChI is InChI=1S/C13H12N2O/c1-10-4-5-11(8-14)13(7-10)15-9-12-3-2-6-16-12/h2-7,15H,9H2,1H3. The molecule has 0 unspecified atom stereocenters. The Morgan fingerprint density at radius 2 is 2.25 bits per heavy atom. The van der Waals surface area contributed by atoms with Crippen LogP contribution in [0, 0.1) is 18.3 Å². The van der Waals surface area contributed by atoms with Crippen molar-refractivity contribution in [3.05, 3.63) is 53.5 Å². The zero-order valence-corrected chi connectivity index (χ0v) is 9.03. The SMILES string of the molecule is Cc1ccc(C#N)c(NCc2ccco2)c1. The Morgan fingerprint density at radius 1 is 1.38 bits per heavy atom. The average Bonchev–Trinajstić information content (AvgIpc) is 2.79. The lowest BCUT2D eigenvalue weighted by atomic mass is 10.1. The molecule has 0 fully saturated rings. The first kappa shape index (κ1) is 10.3. The van der Waals surface area contributed by atoms with E-state index in [-0.39, 0.29) is 0 Å². The minimum absolute atomic E-state index is 0.588. The molecule has 0 aliphatic carbocycles. The van der Waals surface area contributed by atoms with Crippen LogP contribution in [0.3, 0.4) is 0 Å². The Bertz CT molecular complexity index is 509. The predicted molar refractivity (Wildman–Crippen MR) is 61.9 cm³/mol. The Kier molecular flexibility index (Phi) is 2.93. The van der Waals surface area contributed by atoms with Crippen molar-refractivity contribution in [1.29, 1.82) is 5.26 Å². The molecule has 1 N–H and O–H groups in total. The number of benzene rings is 1. The molecular weight excluding hydrogens is 200 g/mol. The molecule has 1 aromatic carbocycles. The monoisotopic (exact) mass is 212 g/mol. The lowest BCUT2D eigenvalue weighted by Crippen LogP contribution is -2.00. The van der Waals surface area contributed by atoms with Crippen LogP contribution in [-0.4, -0.2) is 0 Å². The van der Waals surface area contributed by atoms with Crippen molar-refractivity contribution in [2.45, 2.75) is 13.5 Å². The summed E-state index contributed by atoms with van der Waals surface area (Å²) < 4.78 is 5.21. The van der Waals surface area contributed by atoms with Gasteiger partial charge in [-0.2, -0.15) is 5.26 Å². The van der Waals surface area contributed by atoms with E-state index >= 15 is 0 Å². The van der Waals surface area contributed by atoms with Gasteiger partial charge in [0.2, 0.25) is 0 Å². The number of nitriles is 1. The van der Waals surface area contributed by atoms with Crippen LogP contribution >= 0.6 is 0 Å². The number of aryl methyl sites for hydroxylation is 1. The van der Waals surface area contributed by atoms with Crippen molar-refractivity contribution in [2.24, 2.45) is 0 Å². The fourth-order valence-electron chi connectivity index (χ4n) is 1.50. The van der Waals surface area contributed by atoms with Gasteiger partial charge in [-0.1, -0.05) is 6.07 Å². The van der Waals surface area contributed by atoms with Crippen LogP contribution < -0.4 is 5.32 Å². The van der Waals surface area contributed by atoms with Gasteiger partial charge < -0.3 is 9.73 Å². The molecule has 1 aromatic heterocycles. The summed E-state index contributed by atoms with van der Waals surface area (Å²) in [6, 6.07) is 11.6. The van der Waals surface area contributed by atoms with Gasteiger partial charge in [0.05, 0.1) is 24.1 Å². The van der Waals surface area contributed by atoms with Crippen LogP contribution in [0.5, 0.6) is 0 Å². The van der Waals surface area contributed by atoms with Crippen molar-refractivity contribution < 1.29 is 4.42 Å². The van der Waals surface area contributed by atoms with E-state index in [0.717, 1.165) is 17.0 Å². The van der Waals surface area contributed by atoms with Gasteiger partial charge in [0.15, 0.2) is 0 Å². The maximum Gasteiger partial charge on any atom is 0.122 e. The van der Waals surface area contributed by atoms with Gasteiger partial charge in [-0.15, -0.1) is 0 Å². The smallest absolute Gasteiger partial charge is 0.122 e.